The van der Waals surface area contributed by atoms with Crippen molar-refractivity contribution in [3.63, 3.8) is 0 Å². The van der Waals surface area contributed by atoms with Crippen molar-refractivity contribution in [1.82, 2.24) is 0 Å². The molecule has 4 saturated carbocycles. The number of hydrogen-bond acceptors (Lipinski definition) is 4. The van der Waals surface area contributed by atoms with Gasteiger partial charge in [-0.3, -0.25) is 14.4 Å². The molecule has 4 aliphatic carbocycles. The predicted octanol–water partition coefficient (Wildman–Crippen LogP) is 3.04. The first kappa shape index (κ1) is 17.9. The van der Waals surface area contributed by atoms with Crippen molar-refractivity contribution in [2.24, 2.45) is 22.7 Å². The second kappa shape index (κ2) is 5.08. The van der Waals surface area contributed by atoms with E-state index >= 15 is 0 Å². The quantitative estimate of drug-likeness (QED) is 0.649. The minimum Gasteiger partial charge on any atom is -0.389 e. The van der Waals surface area contributed by atoms with Gasteiger partial charge >= 0.3 is 0 Å². The average molecular weight is 387 g/mol. The van der Waals surface area contributed by atoms with Gasteiger partial charge < -0.3 is 5.11 Å². The van der Waals surface area contributed by atoms with Gasteiger partial charge in [-0.25, -0.2) is 0 Å². The highest BCUT2D eigenvalue weighted by Crippen LogP contribution is 2.69. The van der Waals surface area contributed by atoms with Crippen molar-refractivity contribution in [3.05, 3.63) is 0 Å². The maximum absolute atomic E-state index is 13.3. The summed E-state index contributed by atoms with van der Waals surface area (Å²) in [5.41, 5.74) is -3.08. The Morgan fingerprint density at radius 1 is 1.04 bits per heavy atom. The van der Waals surface area contributed by atoms with Crippen LogP contribution in [0.3, 0.4) is 0 Å². The molecule has 0 heterocycles. The van der Waals surface area contributed by atoms with Crippen LogP contribution in [0.1, 0.15) is 58.8 Å². The van der Waals surface area contributed by atoms with Gasteiger partial charge in [-0.2, -0.15) is 0 Å². The van der Waals surface area contributed by atoms with Crippen LogP contribution in [0.15, 0.2) is 0 Å². The lowest BCUT2D eigenvalue weighted by atomic mass is 9.42. The largest absolute Gasteiger partial charge is 0.389 e. The lowest BCUT2D eigenvalue weighted by molar-refractivity contribution is -0.192. The minimum absolute atomic E-state index is 0.00204. The van der Waals surface area contributed by atoms with Crippen molar-refractivity contribution in [2.75, 3.05) is 0 Å². The lowest BCUT2D eigenvalue weighted by Gasteiger charge is -2.66. The number of hydrogen-bond donors (Lipinski definition) is 1. The molecule has 0 aromatic heterocycles. The number of carbonyl (C=O) groups is 3. The summed E-state index contributed by atoms with van der Waals surface area (Å²) in [4.78, 5) is 36.6. The zero-order valence-corrected chi connectivity index (χ0v) is 16.1. The summed E-state index contributed by atoms with van der Waals surface area (Å²) in [5, 5.41) is 10.7. The van der Waals surface area contributed by atoms with E-state index in [9.17, 15) is 19.5 Å². The second-order valence-corrected chi connectivity index (χ2v) is 10.2. The predicted molar refractivity (Wildman–Crippen MR) is 93.7 cm³/mol. The van der Waals surface area contributed by atoms with Gasteiger partial charge in [-0.15, -0.1) is 23.2 Å². The van der Waals surface area contributed by atoms with Crippen LogP contribution in [0, 0.1) is 22.7 Å². The fraction of sp³-hybridized carbons (Fsp3) is 0.842. The fourth-order valence-electron chi connectivity index (χ4n) is 6.58. The van der Waals surface area contributed by atoms with Crippen molar-refractivity contribution >= 4 is 40.6 Å². The lowest BCUT2D eigenvalue weighted by Crippen LogP contribution is -2.75. The summed E-state index contributed by atoms with van der Waals surface area (Å²) < 4.78 is 0. The van der Waals surface area contributed by atoms with Crippen LogP contribution in [-0.2, 0) is 14.4 Å². The van der Waals surface area contributed by atoms with Gasteiger partial charge in [0.2, 0.25) is 0 Å². The van der Waals surface area contributed by atoms with Crippen molar-refractivity contribution in [2.45, 2.75) is 74.6 Å². The molecular formula is C19H24Cl2O4. The Balaban J connectivity index is 1.87. The summed E-state index contributed by atoms with van der Waals surface area (Å²) in [5.74, 6) is -0.266. The number of Topliss-reactive ketones (excluding diaryl/α,β-unsaturated/α-hetero) is 3. The Morgan fingerprint density at radius 3 is 2.40 bits per heavy atom. The van der Waals surface area contributed by atoms with E-state index in [0.29, 0.717) is 19.3 Å². The van der Waals surface area contributed by atoms with Gasteiger partial charge in [0, 0.05) is 36.5 Å². The number of halogens is 2. The van der Waals surface area contributed by atoms with Crippen LogP contribution in [0.2, 0.25) is 0 Å². The first-order valence-electron chi connectivity index (χ1n) is 9.14. The van der Waals surface area contributed by atoms with Crippen molar-refractivity contribution in [1.29, 1.82) is 0 Å². The van der Waals surface area contributed by atoms with Crippen LogP contribution in [0.25, 0.3) is 0 Å². The number of rotatable bonds is 0. The molecule has 25 heavy (non-hydrogen) atoms. The topological polar surface area (TPSA) is 71.4 Å². The third kappa shape index (κ3) is 1.87. The molecule has 0 aromatic rings. The molecule has 0 saturated heterocycles. The van der Waals surface area contributed by atoms with E-state index < -0.39 is 26.7 Å². The summed E-state index contributed by atoms with van der Waals surface area (Å²) in [7, 11) is 0. The van der Waals surface area contributed by atoms with Crippen molar-refractivity contribution in [3.8, 4) is 0 Å². The molecule has 4 rings (SSSR count). The highest BCUT2D eigenvalue weighted by Gasteiger charge is 2.76. The SMILES string of the molecule is C[C@]12C(Cl)CC(=O)CC1(O)CC[C@H]1[C@@H]3CCC(=O)[C@@]3(C)CC(=O)[C@@]12Cl. The van der Waals surface area contributed by atoms with E-state index in [1.807, 2.05) is 6.92 Å². The molecule has 4 fully saturated rings. The van der Waals surface area contributed by atoms with Crippen LogP contribution < -0.4 is 0 Å². The molecule has 0 aromatic carbocycles. The molecule has 7 atom stereocenters. The first-order valence-corrected chi connectivity index (χ1v) is 9.96. The van der Waals surface area contributed by atoms with Gasteiger partial charge in [0.25, 0.3) is 0 Å². The zero-order chi connectivity index (χ0) is 18.4. The zero-order valence-electron chi connectivity index (χ0n) is 14.6. The third-order valence-electron chi connectivity index (χ3n) is 8.18. The number of alkyl halides is 2. The number of aliphatic hydroxyl groups is 1. The van der Waals surface area contributed by atoms with Gasteiger partial charge in [0.05, 0.1) is 11.0 Å². The number of carbonyl (C=O) groups excluding carboxylic acids is 3. The van der Waals surface area contributed by atoms with Gasteiger partial charge in [0.15, 0.2) is 5.78 Å². The average Bonchev–Trinajstić information content (AvgIpc) is 2.79. The maximum atomic E-state index is 13.3. The van der Waals surface area contributed by atoms with E-state index in [-0.39, 0.29) is 48.4 Å². The van der Waals surface area contributed by atoms with E-state index in [0.717, 1.165) is 6.42 Å². The molecular weight excluding hydrogens is 363 g/mol. The molecule has 0 spiro atoms. The molecule has 6 heteroatoms. The third-order valence-corrected chi connectivity index (χ3v) is 9.66. The van der Waals surface area contributed by atoms with Crippen LogP contribution >= 0.6 is 23.2 Å². The molecule has 0 radical (unpaired) electrons. The Bertz CT molecular complexity index is 693. The Morgan fingerprint density at radius 2 is 1.72 bits per heavy atom. The van der Waals surface area contributed by atoms with E-state index in [1.54, 1.807) is 6.92 Å². The van der Waals surface area contributed by atoms with Crippen molar-refractivity contribution < 1.29 is 19.5 Å². The van der Waals surface area contributed by atoms with E-state index in [4.69, 9.17) is 23.2 Å². The second-order valence-electron chi connectivity index (χ2n) is 9.06. The van der Waals surface area contributed by atoms with Crippen LogP contribution in [-0.4, -0.2) is 38.3 Å². The molecule has 0 amide bonds. The fourth-order valence-corrected chi connectivity index (χ4v) is 7.82. The Kier molecular flexibility index (Phi) is 3.65. The normalized spacial score (nSPS) is 55.6. The summed E-state index contributed by atoms with van der Waals surface area (Å²) in [6, 6.07) is 0. The maximum Gasteiger partial charge on any atom is 0.155 e. The minimum atomic E-state index is -1.36. The summed E-state index contributed by atoms with van der Waals surface area (Å²) in [6.45, 7) is 3.68. The highest BCUT2D eigenvalue weighted by molar-refractivity contribution is 6.38. The molecule has 4 aliphatic rings. The molecule has 0 bridgehead atoms. The molecule has 138 valence electrons. The van der Waals surface area contributed by atoms with E-state index in [1.165, 1.54) is 0 Å². The Hall–Kier alpha value is -0.450. The molecule has 0 aliphatic heterocycles. The summed E-state index contributed by atoms with van der Waals surface area (Å²) >= 11 is 13.7. The standard InChI is InChI=1S/C19H24Cl2O4/c1-16-9-15(24)19(21)12(11(16)3-4-14(16)23)5-6-18(25)8-10(22)7-13(20)17(18,19)2/h11-13,25H,3-9H2,1-2H3/t11-,12-,13?,16-,17-,18?,19-/m0/s1. The molecule has 2 unspecified atom stereocenters. The van der Waals surface area contributed by atoms with E-state index in [2.05, 4.69) is 0 Å². The number of fused-ring (bicyclic) bond motifs is 5. The monoisotopic (exact) mass is 386 g/mol. The smallest absolute Gasteiger partial charge is 0.155 e. The molecule has 4 nitrogen and oxygen atoms in total. The van der Waals surface area contributed by atoms with Gasteiger partial charge in [0.1, 0.15) is 16.4 Å². The first-order chi connectivity index (χ1) is 11.5. The van der Waals surface area contributed by atoms with Crippen LogP contribution in [0.4, 0.5) is 0 Å². The highest BCUT2D eigenvalue weighted by atomic mass is 35.5. The summed E-state index contributed by atoms with van der Waals surface area (Å²) in [6.07, 6.45) is 2.40. The number of ketones is 3. The molecule has 1 N–H and O–H groups in total. The van der Waals surface area contributed by atoms with Gasteiger partial charge in [-0.05, 0) is 31.1 Å². The Labute approximate surface area is 157 Å². The van der Waals surface area contributed by atoms with Gasteiger partial charge in [-0.1, -0.05) is 13.8 Å². The van der Waals surface area contributed by atoms with Crippen LogP contribution in [0.5, 0.6) is 0 Å².